The third-order valence-corrected chi connectivity index (χ3v) is 31.2. The molecule has 0 radical (unpaired) electrons. The number of allylic oxidation sites excluding steroid dienone is 4. The minimum absolute atomic E-state index is 0.0107. The molecule has 2 saturated heterocycles. The summed E-state index contributed by atoms with van der Waals surface area (Å²) in [5, 5.41) is 3.03. The van der Waals surface area contributed by atoms with E-state index in [4.69, 9.17) is 47.9 Å². The van der Waals surface area contributed by atoms with Gasteiger partial charge in [-0.25, -0.2) is 34.4 Å². The highest BCUT2D eigenvalue weighted by Gasteiger charge is 2.65. The lowest BCUT2D eigenvalue weighted by Crippen LogP contribution is -2.48. The van der Waals surface area contributed by atoms with Gasteiger partial charge in [0.05, 0.1) is 97.6 Å². The molecular formula is C88H114F4N6O20S2. The zero-order valence-corrected chi connectivity index (χ0v) is 72.2. The van der Waals surface area contributed by atoms with E-state index in [1.54, 1.807) is 40.2 Å². The Morgan fingerprint density at radius 2 is 0.942 bits per heavy atom. The van der Waals surface area contributed by atoms with Gasteiger partial charge in [-0.3, -0.25) is 47.8 Å². The van der Waals surface area contributed by atoms with E-state index in [9.17, 15) is 72.8 Å². The number of aryl methyl sites for hydroxylation is 2. The van der Waals surface area contributed by atoms with Gasteiger partial charge in [-0.05, 0) is 227 Å². The number of ether oxygens (including phenoxy) is 8. The van der Waals surface area contributed by atoms with Crippen molar-refractivity contribution in [3.05, 3.63) is 71.8 Å². The molecular weight excluding hydrogens is 1600 g/mol. The lowest BCUT2D eigenvalue weighted by molar-refractivity contribution is -0.175. The van der Waals surface area contributed by atoms with Gasteiger partial charge in [0.2, 0.25) is 67.2 Å². The number of Topliss-reactive ketones (excluding diaryl/α,β-unsaturated/α-hetero) is 2. The number of sulfonamides is 2. The first kappa shape index (κ1) is 89.1. The van der Waals surface area contributed by atoms with Crippen LogP contribution < -0.4 is 37.9 Å². The van der Waals surface area contributed by atoms with E-state index < -0.39 is 184 Å². The molecule has 0 bridgehead atoms. The van der Waals surface area contributed by atoms with Crippen LogP contribution in [0.4, 0.5) is 17.6 Å². The number of benzene rings is 2. The molecule has 10 aliphatic rings. The Balaban J connectivity index is 0.000000207. The second-order valence-corrected chi connectivity index (χ2v) is 41.5. The predicted molar refractivity (Wildman–Crippen MR) is 434 cm³/mol. The molecule has 0 unspecified atom stereocenters. The Morgan fingerprint density at radius 1 is 0.567 bits per heavy atom. The summed E-state index contributed by atoms with van der Waals surface area (Å²) in [7, 11) is -4.88. The molecule has 2 aromatic heterocycles. The monoisotopic (exact) mass is 1710 g/mol. The van der Waals surface area contributed by atoms with Crippen molar-refractivity contribution < 1.29 is 111 Å². The second kappa shape index (κ2) is 34.6. The first-order valence-corrected chi connectivity index (χ1v) is 45.2. The maximum atomic E-state index is 15.0. The summed E-state index contributed by atoms with van der Waals surface area (Å²) < 4.78 is 158. The van der Waals surface area contributed by atoms with Crippen molar-refractivity contribution in [2.45, 2.75) is 268 Å². The summed E-state index contributed by atoms with van der Waals surface area (Å²) in [6.07, 6.45) is 7.54. The molecule has 2 aromatic carbocycles. The number of alkyl halides is 4. The Morgan fingerprint density at radius 3 is 1.29 bits per heavy atom. The SMILES string of the molecule is COc1ccc2c(O[C@@H]3C[C@H]4C(=O)C[C@]5(C(=O)NS(=O)(=O)C6(C)CC6)C[C@H]5/C=C\CC[C@@H](C)C[C@@H](C)[C@H](CC(=O)OC(C)(C)C(F)F)C(=O)N4C3)nc3c(c2c1)CCCO3.COc1ccc2c(O[C@@H]3C[C@H]4C(=O)C[C@]5(C(=O)NS(=O)(=O)C6(C)CC6)C[C@H]5/C=C\CC[C@H](C)C[C@@H](C)[C@H](CC(=O)OC(C)(C)C(F)F)C(=O)N4C3)nc3c(c2c1)CCCO3. The van der Waals surface area contributed by atoms with Gasteiger partial charge < -0.3 is 47.7 Å². The number of nitrogens with one attached hydrogen (secondary N) is 2. The molecule has 8 heterocycles. The molecule has 14 rings (SSSR count). The van der Waals surface area contributed by atoms with E-state index in [-0.39, 0.29) is 75.2 Å². The summed E-state index contributed by atoms with van der Waals surface area (Å²) in [5.41, 5.74) is -5.06. The van der Waals surface area contributed by atoms with E-state index in [1.165, 1.54) is 9.80 Å². The lowest BCUT2D eigenvalue weighted by atomic mass is 9.82. The standard InChI is InChI=1S/2C44H57F2N3O10S/c2*1-25-10-7-8-11-27-22-44(27,41(53)48-60(54,55)43(5)15-16-43)23-35(50)34-20-29(24-49(34)39(52)32(26(2)18-25)21-36(51)59-42(3,4)40(45)46)58-38-31-14-13-28(56-6)19-33(31)30-12-9-17-57-37(30)47-38/h2*8,11,13-14,19,25-27,29,32,34,40H,7,9-10,12,15-18,20-24H2,1-6H3,(H,48,53)/b2*11-8-/t25-,26+,27+,29+,32-,34-,44+;25-,26-,27-,29-,32+,34+,44-/m01/s1. The van der Waals surface area contributed by atoms with E-state index in [0.29, 0.717) is 111 Å². The van der Waals surface area contributed by atoms with Crippen molar-refractivity contribution in [1.82, 2.24) is 29.2 Å². The van der Waals surface area contributed by atoms with Gasteiger partial charge in [0.25, 0.3) is 12.9 Å². The van der Waals surface area contributed by atoms with Crippen molar-refractivity contribution in [3.8, 4) is 35.0 Å². The molecule has 656 valence electrons. The third kappa shape index (κ3) is 18.8. The summed E-state index contributed by atoms with van der Waals surface area (Å²) in [4.78, 5) is 127. The number of hydrogen-bond donors (Lipinski definition) is 2. The van der Waals surface area contributed by atoms with Crippen molar-refractivity contribution in [1.29, 1.82) is 0 Å². The Bertz CT molecular complexity index is 4650. The van der Waals surface area contributed by atoms with Crippen LogP contribution in [0.3, 0.4) is 0 Å². The molecule has 14 atom stereocenters. The number of esters is 2. The van der Waals surface area contributed by atoms with Crippen LogP contribution >= 0.6 is 0 Å². The Kier molecular flexibility index (Phi) is 25.7. The van der Waals surface area contributed by atoms with Crippen LogP contribution in [-0.2, 0) is 80.7 Å². The fourth-order valence-corrected chi connectivity index (χ4v) is 20.9. The predicted octanol–water partition coefficient (Wildman–Crippen LogP) is 13.0. The van der Waals surface area contributed by atoms with E-state index in [2.05, 4.69) is 9.44 Å². The number of aromatic nitrogens is 2. The van der Waals surface area contributed by atoms with E-state index in [1.807, 2.05) is 76.3 Å². The van der Waals surface area contributed by atoms with Gasteiger partial charge in [0, 0.05) is 47.6 Å². The zero-order chi connectivity index (χ0) is 86.7. The highest BCUT2D eigenvalue weighted by molar-refractivity contribution is 7.92. The number of amides is 4. The first-order valence-electron chi connectivity index (χ1n) is 42.3. The summed E-state index contributed by atoms with van der Waals surface area (Å²) in [5.74, 6) is -6.39. The molecule has 26 nitrogen and oxygen atoms in total. The minimum Gasteiger partial charge on any atom is -0.497 e. The van der Waals surface area contributed by atoms with Crippen molar-refractivity contribution in [3.63, 3.8) is 0 Å². The fraction of sp³-hybridized carbons (Fsp3) is 0.659. The molecule has 6 fully saturated rings. The van der Waals surface area contributed by atoms with Gasteiger partial charge in [-0.1, -0.05) is 52.0 Å². The molecule has 4 aromatic rings. The Labute approximate surface area is 698 Å². The molecule has 4 aliphatic carbocycles. The zero-order valence-electron chi connectivity index (χ0n) is 70.5. The third-order valence-electron chi connectivity index (χ3n) is 26.8. The summed E-state index contributed by atoms with van der Waals surface area (Å²) in [6, 6.07) is 8.77. The van der Waals surface area contributed by atoms with Gasteiger partial charge in [-0.2, -0.15) is 9.97 Å². The number of carbonyl (C=O) groups is 8. The number of carbonyl (C=O) groups excluding carboxylic acids is 8. The van der Waals surface area contributed by atoms with Crippen molar-refractivity contribution in [2.75, 3.05) is 40.5 Å². The fourth-order valence-electron chi connectivity index (χ4n) is 18.2. The summed E-state index contributed by atoms with van der Waals surface area (Å²) >= 11 is 0. The van der Waals surface area contributed by atoms with Crippen LogP contribution in [0.5, 0.6) is 35.0 Å². The number of hydrogen-bond acceptors (Lipinski definition) is 22. The van der Waals surface area contributed by atoms with E-state index in [0.717, 1.165) is 75.3 Å². The first-order chi connectivity index (χ1) is 56.5. The molecule has 32 heteroatoms. The van der Waals surface area contributed by atoms with Crippen LogP contribution in [0.25, 0.3) is 21.5 Å². The normalized spacial score (nSPS) is 29.9. The number of ketones is 2. The smallest absolute Gasteiger partial charge is 0.307 e. The quantitative estimate of drug-likeness (QED) is 0.0471. The minimum atomic E-state index is -4.01. The number of rotatable bonds is 20. The van der Waals surface area contributed by atoms with Crippen molar-refractivity contribution in [2.24, 2.45) is 58.2 Å². The van der Waals surface area contributed by atoms with Gasteiger partial charge in [-0.15, -0.1) is 0 Å². The topological polar surface area (TPSA) is 335 Å². The average molecular weight is 1720 g/mol. The lowest BCUT2D eigenvalue weighted by Gasteiger charge is -2.33. The highest BCUT2D eigenvalue weighted by Crippen LogP contribution is 2.60. The molecule has 0 spiro atoms. The maximum Gasteiger partial charge on any atom is 0.307 e. The van der Waals surface area contributed by atoms with Gasteiger partial charge in [0.15, 0.2) is 22.8 Å². The number of methoxy groups -OCH3 is 2. The molecule has 4 amide bonds. The van der Waals surface area contributed by atoms with Crippen LogP contribution in [-0.4, -0.2) is 182 Å². The number of halogens is 4. The number of pyridine rings is 2. The van der Waals surface area contributed by atoms with Crippen LogP contribution in [0.1, 0.15) is 209 Å². The van der Waals surface area contributed by atoms with Gasteiger partial charge >= 0.3 is 11.9 Å². The molecule has 120 heavy (non-hydrogen) atoms. The highest BCUT2D eigenvalue weighted by atomic mass is 32.2. The second-order valence-electron chi connectivity index (χ2n) is 37.1. The largest absolute Gasteiger partial charge is 0.497 e. The van der Waals surface area contributed by atoms with E-state index >= 15 is 0 Å². The molecule has 2 N–H and O–H groups in total. The van der Waals surface area contributed by atoms with Crippen LogP contribution in [0.15, 0.2) is 60.7 Å². The van der Waals surface area contributed by atoms with Gasteiger partial charge in [0.1, 0.15) is 23.7 Å². The average Bonchev–Trinajstić information content (AvgIpc) is 1.57. The molecule has 4 saturated carbocycles. The maximum absolute atomic E-state index is 15.0. The number of nitrogens with zero attached hydrogens (tertiary/aromatic N) is 4. The van der Waals surface area contributed by atoms with Crippen LogP contribution in [0.2, 0.25) is 0 Å². The number of fused-ring (bicyclic) bond motifs is 10. The van der Waals surface area contributed by atoms with Crippen LogP contribution in [0, 0.1) is 58.2 Å². The Hall–Kier alpha value is -8.68. The summed E-state index contributed by atoms with van der Waals surface area (Å²) in [6.45, 7) is 16.1. The van der Waals surface area contributed by atoms with Crippen molar-refractivity contribution >= 4 is 88.7 Å². The molecule has 6 aliphatic heterocycles.